The minimum atomic E-state index is -0.881. The number of ketones is 1. The van der Waals surface area contributed by atoms with Crippen LogP contribution in [0.5, 0.6) is 0 Å². The number of hydrogen-bond acceptors (Lipinski definition) is 5. The molecule has 5 nitrogen and oxygen atoms in total. The minimum absolute atomic E-state index is 0.0294. The van der Waals surface area contributed by atoms with Crippen molar-refractivity contribution in [3.8, 4) is 0 Å². The largest absolute Gasteiger partial charge is 0.392 e. The summed E-state index contributed by atoms with van der Waals surface area (Å²) in [6.07, 6.45) is 6.23. The highest BCUT2D eigenvalue weighted by Crippen LogP contribution is 2.64. The smallest absolute Gasteiger partial charge is 0.171 e. The molecule has 32 heavy (non-hydrogen) atoms. The summed E-state index contributed by atoms with van der Waals surface area (Å²) in [6.45, 7) is 3.43. The Bertz CT molecular complexity index is 959. The standard InChI is InChI=1S/C27H34O5/c1-25-14-20(18-4-2-17(15-28)3-5-18)24-19(21(25)6-7-23(25)29)8-10-26(30)16-27(11-9-22(24)26)31-12-13-32-27/h2-5,19-21,28,30H,6-16H2,1H3/t19?,20-,21?,25+,26-/m1/s1. The van der Waals surface area contributed by atoms with Crippen molar-refractivity contribution in [2.45, 2.75) is 82.2 Å². The van der Waals surface area contributed by atoms with Gasteiger partial charge in [0, 0.05) is 30.6 Å². The average molecular weight is 439 g/mol. The fourth-order valence-corrected chi connectivity index (χ4v) is 7.94. The second-order valence-corrected chi connectivity index (χ2v) is 11.0. The second-order valence-electron chi connectivity index (χ2n) is 11.0. The van der Waals surface area contributed by atoms with Crippen LogP contribution >= 0.6 is 0 Å². The Morgan fingerprint density at radius 1 is 1.06 bits per heavy atom. The van der Waals surface area contributed by atoms with Crippen LogP contribution in [0.2, 0.25) is 0 Å². The molecule has 4 aliphatic carbocycles. The van der Waals surface area contributed by atoms with E-state index < -0.39 is 11.4 Å². The summed E-state index contributed by atoms with van der Waals surface area (Å²) >= 11 is 0. The predicted molar refractivity (Wildman–Crippen MR) is 119 cm³/mol. The van der Waals surface area contributed by atoms with Gasteiger partial charge in [0.25, 0.3) is 0 Å². The van der Waals surface area contributed by atoms with E-state index in [0.29, 0.717) is 43.7 Å². The summed E-state index contributed by atoms with van der Waals surface area (Å²) < 4.78 is 12.0. The summed E-state index contributed by atoms with van der Waals surface area (Å²) in [6, 6.07) is 8.22. The predicted octanol–water partition coefficient (Wildman–Crippen LogP) is 4.02. The van der Waals surface area contributed by atoms with Crippen LogP contribution in [-0.4, -0.2) is 40.6 Å². The number of fused-ring (bicyclic) bond motifs is 4. The summed E-state index contributed by atoms with van der Waals surface area (Å²) in [5.74, 6) is 0.663. The Labute approximate surface area is 189 Å². The second kappa shape index (κ2) is 7.23. The van der Waals surface area contributed by atoms with E-state index in [9.17, 15) is 15.0 Å². The molecule has 1 aliphatic heterocycles. The van der Waals surface area contributed by atoms with Gasteiger partial charge in [-0.1, -0.05) is 36.8 Å². The van der Waals surface area contributed by atoms with Crippen LogP contribution in [0, 0.1) is 17.3 Å². The number of allylic oxidation sites excluding steroid dienone is 1. The van der Waals surface area contributed by atoms with Gasteiger partial charge in [0.05, 0.1) is 25.4 Å². The van der Waals surface area contributed by atoms with Crippen LogP contribution in [0.3, 0.4) is 0 Å². The molecule has 0 amide bonds. The lowest BCUT2D eigenvalue weighted by molar-refractivity contribution is -0.208. The molecule has 5 atom stereocenters. The zero-order chi connectivity index (χ0) is 22.1. The monoisotopic (exact) mass is 438 g/mol. The molecule has 3 saturated carbocycles. The molecule has 1 aromatic rings. The Balaban J connectivity index is 1.47. The molecule has 1 spiro atoms. The fourth-order valence-electron chi connectivity index (χ4n) is 7.94. The molecule has 0 aromatic heterocycles. The zero-order valence-electron chi connectivity index (χ0n) is 18.9. The van der Waals surface area contributed by atoms with Crippen LogP contribution in [0.25, 0.3) is 0 Å². The molecule has 5 heteroatoms. The van der Waals surface area contributed by atoms with E-state index in [1.54, 1.807) is 0 Å². The number of ether oxygens (including phenoxy) is 2. The highest BCUT2D eigenvalue weighted by atomic mass is 16.7. The van der Waals surface area contributed by atoms with E-state index in [-0.39, 0.29) is 17.9 Å². The van der Waals surface area contributed by atoms with Gasteiger partial charge in [0.2, 0.25) is 0 Å². The first kappa shape index (κ1) is 21.0. The molecule has 2 N–H and O–H groups in total. The van der Waals surface area contributed by atoms with Gasteiger partial charge in [-0.15, -0.1) is 0 Å². The molecule has 1 heterocycles. The summed E-state index contributed by atoms with van der Waals surface area (Å²) in [5.41, 5.74) is 3.55. The number of aliphatic hydroxyl groups is 2. The quantitative estimate of drug-likeness (QED) is 0.682. The summed E-state index contributed by atoms with van der Waals surface area (Å²) in [5, 5.41) is 21.4. The number of Topliss-reactive ketones (excluding diaryl/α,β-unsaturated/α-hetero) is 1. The highest BCUT2D eigenvalue weighted by Gasteiger charge is 2.60. The third kappa shape index (κ3) is 2.94. The first-order chi connectivity index (χ1) is 15.4. The Hall–Kier alpha value is -1.53. The molecule has 1 aromatic carbocycles. The lowest BCUT2D eigenvalue weighted by Crippen LogP contribution is -2.53. The molecule has 5 aliphatic rings. The van der Waals surface area contributed by atoms with E-state index in [4.69, 9.17) is 9.47 Å². The molecule has 172 valence electrons. The molecule has 6 rings (SSSR count). The third-order valence-corrected chi connectivity index (χ3v) is 9.50. The lowest BCUT2D eigenvalue weighted by Gasteiger charge is -2.55. The number of benzene rings is 1. The maximum Gasteiger partial charge on any atom is 0.171 e. The van der Waals surface area contributed by atoms with E-state index in [1.165, 1.54) is 16.7 Å². The zero-order valence-corrected chi connectivity index (χ0v) is 18.9. The van der Waals surface area contributed by atoms with Gasteiger partial charge in [-0.2, -0.15) is 0 Å². The topological polar surface area (TPSA) is 76.0 Å². The fraction of sp³-hybridized carbons (Fsp3) is 0.667. The molecule has 0 radical (unpaired) electrons. The van der Waals surface area contributed by atoms with Crippen molar-refractivity contribution >= 4 is 5.78 Å². The molecule has 1 saturated heterocycles. The highest BCUT2D eigenvalue weighted by molar-refractivity contribution is 5.87. The van der Waals surface area contributed by atoms with Crippen molar-refractivity contribution in [2.75, 3.05) is 13.2 Å². The van der Waals surface area contributed by atoms with Gasteiger partial charge in [0.15, 0.2) is 5.79 Å². The van der Waals surface area contributed by atoms with E-state index >= 15 is 0 Å². The van der Waals surface area contributed by atoms with Gasteiger partial charge in [-0.3, -0.25) is 4.79 Å². The number of rotatable bonds is 2. The maximum atomic E-state index is 13.1. The van der Waals surface area contributed by atoms with E-state index in [0.717, 1.165) is 44.1 Å². The van der Waals surface area contributed by atoms with Crippen molar-refractivity contribution < 1.29 is 24.5 Å². The molecular weight excluding hydrogens is 404 g/mol. The SMILES string of the molecule is C[C@]12C[C@H](c3ccc(CO)cc3)C3=C4CCC5(C[C@]4(O)CCC3C1CCC2=O)OCCO5. The summed E-state index contributed by atoms with van der Waals surface area (Å²) in [4.78, 5) is 13.1. The van der Waals surface area contributed by atoms with E-state index in [2.05, 4.69) is 19.1 Å². The van der Waals surface area contributed by atoms with Crippen LogP contribution in [-0.2, 0) is 20.9 Å². The van der Waals surface area contributed by atoms with Crippen molar-refractivity contribution in [1.82, 2.24) is 0 Å². The molecular formula is C27H34O5. The van der Waals surface area contributed by atoms with E-state index in [1.807, 2.05) is 12.1 Å². The van der Waals surface area contributed by atoms with Crippen LogP contribution in [0.15, 0.2) is 35.4 Å². The minimum Gasteiger partial charge on any atom is -0.392 e. The van der Waals surface area contributed by atoms with Crippen molar-refractivity contribution in [3.05, 3.63) is 46.5 Å². The first-order valence-electron chi connectivity index (χ1n) is 12.3. The molecule has 0 bridgehead atoms. The number of hydrogen-bond donors (Lipinski definition) is 2. The Morgan fingerprint density at radius 2 is 1.81 bits per heavy atom. The molecule has 2 unspecified atom stereocenters. The maximum absolute atomic E-state index is 13.1. The van der Waals surface area contributed by atoms with Gasteiger partial charge in [-0.05, 0) is 60.6 Å². The Kier molecular flexibility index (Phi) is 4.75. The summed E-state index contributed by atoms with van der Waals surface area (Å²) in [7, 11) is 0. The van der Waals surface area contributed by atoms with Gasteiger partial charge in [0.1, 0.15) is 5.78 Å². The first-order valence-corrected chi connectivity index (χ1v) is 12.3. The normalized spacial score (nSPS) is 40.3. The van der Waals surface area contributed by atoms with Crippen LogP contribution in [0.1, 0.15) is 75.3 Å². The van der Waals surface area contributed by atoms with Crippen molar-refractivity contribution in [3.63, 3.8) is 0 Å². The van der Waals surface area contributed by atoms with Gasteiger partial charge in [-0.25, -0.2) is 0 Å². The third-order valence-electron chi connectivity index (χ3n) is 9.50. The number of carbonyl (C=O) groups is 1. The van der Waals surface area contributed by atoms with Gasteiger partial charge >= 0.3 is 0 Å². The van der Waals surface area contributed by atoms with Crippen molar-refractivity contribution in [1.29, 1.82) is 0 Å². The Morgan fingerprint density at radius 3 is 2.53 bits per heavy atom. The van der Waals surface area contributed by atoms with Crippen LogP contribution in [0.4, 0.5) is 0 Å². The van der Waals surface area contributed by atoms with Crippen LogP contribution < -0.4 is 0 Å². The lowest BCUT2D eigenvalue weighted by atomic mass is 9.51. The van der Waals surface area contributed by atoms with Gasteiger partial charge < -0.3 is 19.7 Å². The molecule has 4 fully saturated rings. The average Bonchev–Trinajstić information content (AvgIpc) is 3.36. The number of aliphatic hydroxyl groups excluding tert-OH is 1. The number of carbonyl (C=O) groups excluding carboxylic acids is 1. The van der Waals surface area contributed by atoms with Crippen molar-refractivity contribution in [2.24, 2.45) is 17.3 Å².